The Hall–Kier alpha value is -3.19. The van der Waals surface area contributed by atoms with Gasteiger partial charge in [0.2, 0.25) is 5.78 Å². The molecular formula is C23H23NO5S. The molecule has 0 spiro atoms. The fourth-order valence-corrected chi connectivity index (χ4v) is 4.26. The summed E-state index contributed by atoms with van der Waals surface area (Å²) in [4.78, 5) is 25.0. The molecule has 0 atom stereocenters. The zero-order valence-corrected chi connectivity index (χ0v) is 18.1. The van der Waals surface area contributed by atoms with E-state index in [9.17, 15) is 18.0 Å². The third-order valence-electron chi connectivity index (χ3n) is 4.86. The van der Waals surface area contributed by atoms with Gasteiger partial charge in [0, 0.05) is 28.9 Å². The molecular weight excluding hydrogens is 402 g/mol. The molecule has 2 aromatic carbocycles. The van der Waals surface area contributed by atoms with E-state index < -0.39 is 22.4 Å². The number of hydrogen-bond acceptors (Lipinski definition) is 5. The van der Waals surface area contributed by atoms with Crippen molar-refractivity contribution < 1.29 is 22.7 Å². The molecule has 0 amide bonds. The minimum absolute atomic E-state index is 0.0853. The first-order chi connectivity index (χ1) is 14.1. The molecule has 30 heavy (non-hydrogen) atoms. The van der Waals surface area contributed by atoms with Gasteiger partial charge >= 0.3 is 5.97 Å². The van der Waals surface area contributed by atoms with Crippen molar-refractivity contribution in [2.45, 2.75) is 25.7 Å². The van der Waals surface area contributed by atoms with Crippen LogP contribution in [0.2, 0.25) is 0 Å². The largest absolute Gasteiger partial charge is 0.454 e. The molecule has 3 aromatic rings. The number of hydrogen-bond donors (Lipinski definition) is 0. The predicted octanol–water partition coefficient (Wildman–Crippen LogP) is 3.85. The summed E-state index contributed by atoms with van der Waals surface area (Å²) in [6, 6.07) is 15.5. The number of ketones is 1. The molecule has 7 heteroatoms. The van der Waals surface area contributed by atoms with E-state index in [2.05, 4.69) is 0 Å². The van der Waals surface area contributed by atoms with E-state index in [1.807, 2.05) is 49.6 Å². The smallest absolute Gasteiger partial charge is 0.339 e. The lowest BCUT2D eigenvalue weighted by Gasteiger charge is -2.10. The summed E-state index contributed by atoms with van der Waals surface area (Å²) in [5.74, 6) is -1.21. The zero-order valence-electron chi connectivity index (χ0n) is 17.3. The van der Waals surface area contributed by atoms with Crippen LogP contribution in [0.5, 0.6) is 0 Å². The van der Waals surface area contributed by atoms with Crippen molar-refractivity contribution in [1.82, 2.24) is 4.57 Å². The predicted molar refractivity (Wildman–Crippen MR) is 114 cm³/mol. The SMILES string of the molecule is Cc1ccc(-n2c(C)cc(C(=O)COC(=O)c3ccccc3S(C)(=O)=O)c2C)cc1. The average molecular weight is 426 g/mol. The van der Waals surface area contributed by atoms with E-state index in [0.29, 0.717) is 5.56 Å². The highest BCUT2D eigenvalue weighted by Crippen LogP contribution is 2.22. The van der Waals surface area contributed by atoms with Crippen molar-refractivity contribution in [3.63, 3.8) is 0 Å². The average Bonchev–Trinajstić information content (AvgIpc) is 3.00. The van der Waals surface area contributed by atoms with E-state index in [-0.39, 0.29) is 16.2 Å². The van der Waals surface area contributed by atoms with Crippen LogP contribution >= 0.6 is 0 Å². The topological polar surface area (TPSA) is 82.4 Å². The molecule has 3 rings (SSSR count). The third-order valence-corrected chi connectivity index (χ3v) is 6.02. The Kier molecular flexibility index (Phi) is 5.94. The summed E-state index contributed by atoms with van der Waals surface area (Å²) >= 11 is 0. The van der Waals surface area contributed by atoms with Crippen molar-refractivity contribution in [1.29, 1.82) is 0 Å². The number of rotatable bonds is 6. The minimum atomic E-state index is -3.60. The Morgan fingerprint density at radius 1 is 0.933 bits per heavy atom. The molecule has 0 saturated heterocycles. The van der Waals surface area contributed by atoms with Gasteiger partial charge in [0.25, 0.3) is 0 Å². The fraction of sp³-hybridized carbons (Fsp3) is 0.217. The lowest BCUT2D eigenvalue weighted by Crippen LogP contribution is -2.17. The molecule has 0 fully saturated rings. The highest BCUT2D eigenvalue weighted by Gasteiger charge is 2.22. The lowest BCUT2D eigenvalue weighted by molar-refractivity contribution is 0.0471. The maximum absolute atomic E-state index is 12.7. The first-order valence-electron chi connectivity index (χ1n) is 9.35. The zero-order chi connectivity index (χ0) is 22.1. The van der Waals surface area contributed by atoms with Crippen LogP contribution in [0.1, 0.15) is 37.7 Å². The van der Waals surface area contributed by atoms with E-state index in [1.165, 1.54) is 18.2 Å². The van der Waals surface area contributed by atoms with Gasteiger partial charge < -0.3 is 9.30 Å². The standard InChI is InChI=1S/C23H23NO5S/c1-15-9-11-18(12-10-15)24-16(2)13-20(17(24)3)21(25)14-29-23(26)19-7-5-6-8-22(19)30(4,27)28/h5-13H,14H2,1-4H3. The maximum Gasteiger partial charge on any atom is 0.339 e. The number of Topliss-reactive ketones (excluding diaryl/α,β-unsaturated/α-hetero) is 1. The Morgan fingerprint density at radius 2 is 1.57 bits per heavy atom. The fourth-order valence-electron chi connectivity index (χ4n) is 3.38. The van der Waals surface area contributed by atoms with Crippen LogP contribution in [0.4, 0.5) is 0 Å². The van der Waals surface area contributed by atoms with Crippen LogP contribution in [0.15, 0.2) is 59.5 Å². The van der Waals surface area contributed by atoms with Gasteiger partial charge in [-0.2, -0.15) is 0 Å². The summed E-state index contributed by atoms with van der Waals surface area (Å²) in [7, 11) is -3.60. The molecule has 0 saturated carbocycles. The van der Waals surface area contributed by atoms with Crippen molar-refractivity contribution >= 4 is 21.6 Å². The van der Waals surface area contributed by atoms with Crippen LogP contribution in [0, 0.1) is 20.8 Å². The second-order valence-electron chi connectivity index (χ2n) is 7.22. The number of carbonyl (C=O) groups excluding carboxylic acids is 2. The molecule has 156 valence electrons. The van der Waals surface area contributed by atoms with Gasteiger partial charge in [-0.15, -0.1) is 0 Å². The molecule has 0 aliphatic rings. The number of aromatic nitrogens is 1. The number of sulfone groups is 1. The monoisotopic (exact) mass is 425 g/mol. The summed E-state index contributed by atoms with van der Waals surface area (Å²) in [5.41, 5.74) is 4.07. The molecule has 0 radical (unpaired) electrons. The second kappa shape index (κ2) is 8.28. The van der Waals surface area contributed by atoms with Gasteiger partial charge in [0.1, 0.15) is 0 Å². The van der Waals surface area contributed by atoms with Gasteiger partial charge in [-0.1, -0.05) is 29.8 Å². The van der Waals surface area contributed by atoms with Crippen molar-refractivity contribution in [2.75, 3.05) is 12.9 Å². The third kappa shape index (κ3) is 4.36. The first-order valence-corrected chi connectivity index (χ1v) is 11.2. The highest BCUT2D eigenvalue weighted by atomic mass is 32.2. The second-order valence-corrected chi connectivity index (χ2v) is 9.21. The van der Waals surface area contributed by atoms with Gasteiger partial charge in [0.05, 0.1) is 10.5 Å². The minimum Gasteiger partial charge on any atom is -0.454 e. The summed E-state index contributed by atoms with van der Waals surface area (Å²) < 4.78 is 30.9. The molecule has 1 heterocycles. The Bertz CT molecular complexity index is 1220. The summed E-state index contributed by atoms with van der Waals surface area (Å²) in [6.07, 6.45) is 1.02. The van der Waals surface area contributed by atoms with Crippen LogP contribution < -0.4 is 0 Å². The van der Waals surface area contributed by atoms with Gasteiger partial charge in [0.15, 0.2) is 16.4 Å². The summed E-state index contributed by atoms with van der Waals surface area (Å²) in [6.45, 7) is 5.26. The summed E-state index contributed by atoms with van der Waals surface area (Å²) in [5, 5.41) is 0. The molecule has 0 N–H and O–H groups in total. The van der Waals surface area contributed by atoms with Crippen molar-refractivity contribution in [3.05, 3.63) is 82.7 Å². The maximum atomic E-state index is 12.7. The number of carbonyl (C=O) groups is 2. The van der Waals surface area contributed by atoms with Gasteiger partial charge in [-0.25, -0.2) is 13.2 Å². The number of esters is 1. The van der Waals surface area contributed by atoms with E-state index in [1.54, 1.807) is 12.1 Å². The number of nitrogens with zero attached hydrogens (tertiary/aromatic N) is 1. The van der Waals surface area contributed by atoms with Crippen molar-refractivity contribution in [2.24, 2.45) is 0 Å². The first kappa shape index (κ1) is 21.5. The van der Waals surface area contributed by atoms with E-state index >= 15 is 0 Å². The van der Waals surface area contributed by atoms with E-state index in [0.717, 1.165) is 28.9 Å². The van der Waals surface area contributed by atoms with Gasteiger partial charge in [-0.05, 0) is 51.1 Å². The van der Waals surface area contributed by atoms with Crippen LogP contribution in [0.25, 0.3) is 5.69 Å². The highest BCUT2D eigenvalue weighted by molar-refractivity contribution is 7.90. The van der Waals surface area contributed by atoms with Gasteiger partial charge in [-0.3, -0.25) is 4.79 Å². The normalized spacial score (nSPS) is 11.3. The molecule has 1 aromatic heterocycles. The quantitative estimate of drug-likeness (QED) is 0.443. The molecule has 0 aliphatic carbocycles. The van der Waals surface area contributed by atoms with E-state index in [4.69, 9.17) is 4.74 Å². The van der Waals surface area contributed by atoms with Crippen molar-refractivity contribution in [3.8, 4) is 5.69 Å². The van der Waals surface area contributed by atoms with Crippen LogP contribution in [0.3, 0.4) is 0 Å². The Balaban J connectivity index is 1.81. The number of aryl methyl sites for hydroxylation is 2. The molecule has 0 aliphatic heterocycles. The number of benzene rings is 2. The van der Waals surface area contributed by atoms with Crippen LogP contribution in [-0.4, -0.2) is 37.6 Å². The molecule has 6 nitrogen and oxygen atoms in total. The lowest BCUT2D eigenvalue weighted by atomic mass is 10.1. The van der Waals surface area contributed by atoms with Crippen LogP contribution in [-0.2, 0) is 14.6 Å². The molecule has 0 unspecified atom stereocenters. The molecule has 0 bridgehead atoms. The number of ether oxygens (including phenoxy) is 1. The Labute approximate surface area is 176 Å². The Morgan fingerprint density at radius 3 is 2.20 bits per heavy atom.